The molecule has 0 radical (unpaired) electrons. The Morgan fingerprint density at radius 1 is 1.23 bits per heavy atom. The third-order valence-corrected chi connectivity index (χ3v) is 3.78. The zero-order valence-corrected chi connectivity index (χ0v) is 13.0. The Kier molecular flexibility index (Phi) is 4.16. The first-order chi connectivity index (χ1) is 10.6. The molecule has 0 saturated carbocycles. The average Bonchev–Trinajstić information content (AvgIpc) is 2.53. The van der Waals surface area contributed by atoms with Gasteiger partial charge in [-0.05, 0) is 48.4 Å². The van der Waals surface area contributed by atoms with Crippen molar-refractivity contribution in [3.63, 3.8) is 0 Å². The Hall–Kier alpha value is -2.26. The lowest BCUT2D eigenvalue weighted by atomic mass is 10.1. The van der Waals surface area contributed by atoms with Gasteiger partial charge in [-0.3, -0.25) is 4.79 Å². The lowest BCUT2D eigenvalue weighted by Gasteiger charge is -2.29. The number of carbonyl (C=O) groups is 1. The first-order valence-corrected chi connectivity index (χ1v) is 7.50. The van der Waals surface area contributed by atoms with Crippen molar-refractivity contribution in [3.8, 4) is 5.75 Å². The number of carbonyl (C=O) groups excluding carboxylic acids is 1. The van der Waals surface area contributed by atoms with Crippen LogP contribution in [-0.2, 0) is 4.79 Å². The molecular formula is C18H16ClNO2. The molecule has 0 aliphatic carbocycles. The fourth-order valence-corrected chi connectivity index (χ4v) is 2.51. The molecule has 3 rings (SSSR count). The van der Waals surface area contributed by atoms with Crippen LogP contribution >= 0.6 is 11.6 Å². The van der Waals surface area contributed by atoms with Crippen LogP contribution in [0.15, 0.2) is 48.5 Å². The number of halogens is 1. The number of fused-ring (bicyclic) bond motifs is 1. The van der Waals surface area contributed by atoms with E-state index in [4.69, 9.17) is 16.3 Å². The van der Waals surface area contributed by atoms with Crippen LogP contribution in [0.1, 0.15) is 11.1 Å². The predicted molar refractivity (Wildman–Crippen MR) is 89.5 cm³/mol. The molecule has 0 unspecified atom stereocenters. The Morgan fingerprint density at radius 3 is 2.77 bits per heavy atom. The van der Waals surface area contributed by atoms with Crippen LogP contribution in [0, 0.1) is 6.92 Å². The van der Waals surface area contributed by atoms with E-state index in [-0.39, 0.29) is 5.91 Å². The highest BCUT2D eigenvalue weighted by atomic mass is 35.5. The van der Waals surface area contributed by atoms with E-state index in [0.717, 1.165) is 22.6 Å². The molecule has 2 aromatic rings. The number of anilines is 1. The van der Waals surface area contributed by atoms with E-state index in [9.17, 15) is 4.79 Å². The number of rotatable bonds is 2. The Bertz CT molecular complexity index is 722. The third kappa shape index (κ3) is 3.15. The van der Waals surface area contributed by atoms with E-state index in [0.29, 0.717) is 18.2 Å². The van der Waals surface area contributed by atoms with E-state index in [1.54, 1.807) is 29.2 Å². The molecule has 112 valence electrons. The summed E-state index contributed by atoms with van der Waals surface area (Å²) in [4.78, 5) is 14.2. The number of amides is 1. The molecule has 2 aromatic carbocycles. The molecule has 0 N–H and O–H groups in total. The van der Waals surface area contributed by atoms with E-state index < -0.39 is 0 Å². The molecule has 0 spiro atoms. The van der Waals surface area contributed by atoms with E-state index in [1.807, 2.05) is 37.3 Å². The first-order valence-electron chi connectivity index (χ1n) is 7.12. The molecule has 0 saturated heterocycles. The molecule has 3 nitrogen and oxygen atoms in total. The summed E-state index contributed by atoms with van der Waals surface area (Å²) in [6, 6.07) is 13.2. The summed E-state index contributed by atoms with van der Waals surface area (Å²) >= 11 is 5.85. The second-order valence-corrected chi connectivity index (χ2v) is 5.63. The number of ether oxygens (including phenoxy) is 1. The highest BCUT2D eigenvalue weighted by molar-refractivity contribution is 6.30. The monoisotopic (exact) mass is 313 g/mol. The number of hydrogen-bond acceptors (Lipinski definition) is 2. The van der Waals surface area contributed by atoms with E-state index >= 15 is 0 Å². The van der Waals surface area contributed by atoms with Gasteiger partial charge in [0.25, 0.3) is 5.91 Å². The fourth-order valence-electron chi connectivity index (χ4n) is 2.39. The highest BCUT2D eigenvalue weighted by Gasteiger charge is 2.22. The summed E-state index contributed by atoms with van der Waals surface area (Å²) in [5.74, 6) is 0.704. The molecule has 1 aliphatic rings. The van der Waals surface area contributed by atoms with Crippen LogP contribution in [0.3, 0.4) is 0 Å². The molecule has 1 amide bonds. The van der Waals surface area contributed by atoms with Gasteiger partial charge in [0.2, 0.25) is 0 Å². The van der Waals surface area contributed by atoms with Gasteiger partial charge >= 0.3 is 0 Å². The van der Waals surface area contributed by atoms with Crippen molar-refractivity contribution >= 4 is 29.3 Å². The van der Waals surface area contributed by atoms with E-state index in [2.05, 4.69) is 0 Å². The molecule has 22 heavy (non-hydrogen) atoms. The molecule has 1 aliphatic heterocycles. The lowest BCUT2D eigenvalue weighted by Crippen LogP contribution is -2.36. The minimum atomic E-state index is -0.0508. The summed E-state index contributed by atoms with van der Waals surface area (Å²) < 4.78 is 5.60. The predicted octanol–water partition coefficient (Wildman–Crippen LogP) is 4.09. The Balaban J connectivity index is 1.81. The summed E-state index contributed by atoms with van der Waals surface area (Å²) in [6.07, 6.45) is 3.38. The largest absolute Gasteiger partial charge is 0.490 e. The zero-order chi connectivity index (χ0) is 15.5. The number of nitrogens with zero attached hydrogens (tertiary/aromatic N) is 1. The van der Waals surface area contributed by atoms with Gasteiger partial charge in [0.1, 0.15) is 12.4 Å². The van der Waals surface area contributed by atoms with Gasteiger partial charge in [-0.2, -0.15) is 0 Å². The molecule has 0 bridgehead atoms. The van der Waals surface area contributed by atoms with Crippen molar-refractivity contribution in [3.05, 3.63) is 64.7 Å². The quantitative estimate of drug-likeness (QED) is 0.782. The average molecular weight is 314 g/mol. The summed E-state index contributed by atoms with van der Waals surface area (Å²) in [7, 11) is 0. The van der Waals surface area contributed by atoms with Gasteiger partial charge < -0.3 is 9.64 Å². The van der Waals surface area contributed by atoms with Gasteiger partial charge in [-0.25, -0.2) is 0 Å². The maximum Gasteiger partial charge on any atom is 0.251 e. The topological polar surface area (TPSA) is 29.5 Å². The van der Waals surface area contributed by atoms with Gasteiger partial charge in [-0.15, -0.1) is 0 Å². The highest BCUT2D eigenvalue weighted by Crippen LogP contribution is 2.32. The summed E-state index contributed by atoms with van der Waals surface area (Å²) in [6.45, 7) is 3.07. The van der Waals surface area contributed by atoms with Crippen LogP contribution in [0.4, 0.5) is 5.69 Å². The standard InChI is InChI=1S/C18H16ClNO2/c1-13-2-8-17-16(12-13)20(10-11-22-17)18(21)9-5-14-3-6-15(19)7-4-14/h2-9,12H,10-11H2,1H3/b9-5+. The van der Waals surface area contributed by atoms with Gasteiger partial charge in [0.15, 0.2) is 0 Å². The van der Waals surface area contributed by atoms with Crippen molar-refractivity contribution in [2.75, 3.05) is 18.1 Å². The summed E-state index contributed by atoms with van der Waals surface area (Å²) in [5.41, 5.74) is 2.87. The molecule has 0 fully saturated rings. The van der Waals surface area contributed by atoms with Gasteiger partial charge in [0, 0.05) is 11.1 Å². The third-order valence-electron chi connectivity index (χ3n) is 3.53. The van der Waals surface area contributed by atoms with Gasteiger partial charge in [-0.1, -0.05) is 29.8 Å². The molecule has 4 heteroatoms. The molecule has 0 aromatic heterocycles. The van der Waals surface area contributed by atoms with Crippen LogP contribution in [0.2, 0.25) is 5.02 Å². The lowest BCUT2D eigenvalue weighted by molar-refractivity contribution is -0.114. The van der Waals surface area contributed by atoms with Crippen molar-refractivity contribution in [1.82, 2.24) is 0 Å². The Labute approximate surface area is 134 Å². The molecular weight excluding hydrogens is 298 g/mol. The SMILES string of the molecule is Cc1ccc2c(c1)N(C(=O)/C=C/c1ccc(Cl)cc1)CCO2. The summed E-state index contributed by atoms with van der Waals surface area (Å²) in [5, 5.41) is 0.682. The van der Waals surface area contributed by atoms with Crippen LogP contribution in [-0.4, -0.2) is 19.1 Å². The van der Waals surface area contributed by atoms with Crippen molar-refractivity contribution in [1.29, 1.82) is 0 Å². The molecule has 1 heterocycles. The van der Waals surface area contributed by atoms with E-state index in [1.165, 1.54) is 0 Å². The van der Waals surface area contributed by atoms with Gasteiger partial charge in [0.05, 0.1) is 12.2 Å². The zero-order valence-electron chi connectivity index (χ0n) is 12.3. The molecule has 0 atom stereocenters. The minimum absolute atomic E-state index is 0.0508. The van der Waals surface area contributed by atoms with Crippen molar-refractivity contribution in [2.24, 2.45) is 0 Å². The smallest absolute Gasteiger partial charge is 0.251 e. The number of aryl methyl sites for hydroxylation is 1. The van der Waals surface area contributed by atoms with Crippen LogP contribution in [0.5, 0.6) is 5.75 Å². The first kappa shape index (κ1) is 14.7. The normalized spacial score (nSPS) is 13.8. The number of benzene rings is 2. The second-order valence-electron chi connectivity index (χ2n) is 5.19. The Morgan fingerprint density at radius 2 is 2.00 bits per heavy atom. The maximum atomic E-state index is 12.5. The van der Waals surface area contributed by atoms with Crippen LogP contribution in [0.25, 0.3) is 6.08 Å². The second kappa shape index (κ2) is 6.24. The maximum absolute atomic E-state index is 12.5. The van der Waals surface area contributed by atoms with Crippen molar-refractivity contribution in [2.45, 2.75) is 6.92 Å². The van der Waals surface area contributed by atoms with Crippen molar-refractivity contribution < 1.29 is 9.53 Å². The van der Waals surface area contributed by atoms with Crippen LogP contribution < -0.4 is 9.64 Å². The fraction of sp³-hybridized carbons (Fsp3) is 0.167. The number of hydrogen-bond donors (Lipinski definition) is 0. The minimum Gasteiger partial charge on any atom is -0.490 e.